The Morgan fingerprint density at radius 3 is 2.12 bits per heavy atom. The molecule has 0 aromatic heterocycles. The molecule has 0 aliphatic heterocycles. The van der Waals surface area contributed by atoms with Gasteiger partial charge in [0.2, 0.25) is 5.91 Å². The van der Waals surface area contributed by atoms with Crippen molar-refractivity contribution in [1.29, 1.82) is 0 Å². The highest BCUT2D eigenvalue weighted by Crippen LogP contribution is 2.22. The zero-order valence-electron chi connectivity index (χ0n) is 14.1. The molecule has 0 radical (unpaired) electrons. The van der Waals surface area contributed by atoms with Gasteiger partial charge in [0.1, 0.15) is 5.75 Å². The van der Waals surface area contributed by atoms with Crippen molar-refractivity contribution in [3.8, 4) is 16.9 Å². The van der Waals surface area contributed by atoms with Gasteiger partial charge in [-0.2, -0.15) is 0 Å². The van der Waals surface area contributed by atoms with Crippen LogP contribution in [0, 0.1) is 6.92 Å². The van der Waals surface area contributed by atoms with Crippen LogP contribution in [0.5, 0.6) is 5.75 Å². The number of benzene rings is 2. The van der Waals surface area contributed by atoms with Crippen LogP contribution in [-0.2, 0) is 4.79 Å². The zero-order chi connectivity index (χ0) is 17.2. The molecular formula is C20H25NO3. The van der Waals surface area contributed by atoms with Gasteiger partial charge in [-0.1, -0.05) is 54.8 Å². The fraction of sp³-hybridized carbons (Fsp3) is 0.350. The number of carbonyl (C=O) groups is 1. The Kier molecular flexibility index (Phi) is 7.30. The number of amides is 1. The Morgan fingerprint density at radius 2 is 1.50 bits per heavy atom. The maximum atomic E-state index is 10.8. The van der Waals surface area contributed by atoms with Crippen molar-refractivity contribution in [2.45, 2.75) is 39.0 Å². The third-order valence-corrected chi connectivity index (χ3v) is 3.93. The molecule has 0 aliphatic rings. The molecule has 0 spiro atoms. The van der Waals surface area contributed by atoms with Gasteiger partial charge >= 0.3 is 0 Å². The molecule has 0 bridgehead atoms. The number of hydroxylamine groups is 1. The molecule has 24 heavy (non-hydrogen) atoms. The lowest BCUT2D eigenvalue weighted by molar-refractivity contribution is -0.129. The lowest BCUT2D eigenvalue weighted by atomic mass is 10.0. The summed E-state index contributed by atoms with van der Waals surface area (Å²) in [6, 6.07) is 16.6. The second-order valence-electron chi connectivity index (χ2n) is 5.94. The van der Waals surface area contributed by atoms with Crippen LogP contribution in [0.2, 0.25) is 0 Å². The standard InChI is InChI=1S/C20H25NO3/c1-16-7-9-17(10-8-16)18-11-13-19(14-12-18)24-15-5-3-2-4-6-20(22)21-23/h7-14,23H,2-6,15H2,1H3,(H,21,22). The minimum atomic E-state index is -0.320. The molecule has 2 N–H and O–H groups in total. The topological polar surface area (TPSA) is 58.6 Å². The average molecular weight is 327 g/mol. The van der Waals surface area contributed by atoms with Crippen LogP contribution >= 0.6 is 0 Å². The molecule has 0 aliphatic carbocycles. The molecular weight excluding hydrogens is 302 g/mol. The van der Waals surface area contributed by atoms with Crippen molar-refractivity contribution >= 4 is 5.91 Å². The van der Waals surface area contributed by atoms with Crippen LogP contribution in [0.25, 0.3) is 11.1 Å². The van der Waals surface area contributed by atoms with Gasteiger partial charge in [0.15, 0.2) is 0 Å². The van der Waals surface area contributed by atoms with E-state index in [2.05, 4.69) is 43.3 Å². The van der Waals surface area contributed by atoms with Gasteiger partial charge in [-0.05, 0) is 43.0 Å². The molecule has 2 aromatic carbocycles. The molecule has 0 fully saturated rings. The second-order valence-corrected chi connectivity index (χ2v) is 5.94. The van der Waals surface area contributed by atoms with Crippen molar-refractivity contribution in [1.82, 2.24) is 5.48 Å². The predicted octanol–water partition coefficient (Wildman–Crippen LogP) is 4.50. The highest BCUT2D eigenvalue weighted by molar-refractivity contribution is 5.74. The molecule has 2 rings (SSSR count). The Morgan fingerprint density at radius 1 is 0.917 bits per heavy atom. The minimum absolute atomic E-state index is 0.320. The maximum Gasteiger partial charge on any atom is 0.243 e. The van der Waals surface area contributed by atoms with Crippen molar-refractivity contribution in [3.05, 3.63) is 54.1 Å². The summed E-state index contributed by atoms with van der Waals surface area (Å²) in [4.78, 5) is 10.8. The van der Waals surface area contributed by atoms with E-state index in [9.17, 15) is 4.79 Å². The lowest BCUT2D eigenvalue weighted by Crippen LogP contribution is -2.17. The zero-order valence-corrected chi connectivity index (χ0v) is 14.1. The largest absolute Gasteiger partial charge is 0.494 e. The van der Waals surface area contributed by atoms with Crippen LogP contribution < -0.4 is 10.2 Å². The fourth-order valence-corrected chi connectivity index (χ4v) is 2.48. The third-order valence-electron chi connectivity index (χ3n) is 3.93. The SMILES string of the molecule is Cc1ccc(-c2ccc(OCCCCCCC(=O)NO)cc2)cc1. The van der Waals surface area contributed by atoms with Gasteiger partial charge in [0.25, 0.3) is 0 Å². The Hall–Kier alpha value is -2.33. The van der Waals surface area contributed by atoms with Gasteiger partial charge < -0.3 is 4.74 Å². The molecule has 0 heterocycles. The number of nitrogens with one attached hydrogen (secondary N) is 1. The molecule has 2 aromatic rings. The van der Waals surface area contributed by atoms with Gasteiger partial charge in [-0.3, -0.25) is 10.0 Å². The molecule has 1 amide bonds. The fourth-order valence-electron chi connectivity index (χ4n) is 2.48. The number of ether oxygens (including phenoxy) is 1. The van der Waals surface area contributed by atoms with E-state index >= 15 is 0 Å². The van der Waals surface area contributed by atoms with E-state index in [0.717, 1.165) is 31.4 Å². The molecule has 128 valence electrons. The molecule has 0 saturated carbocycles. The monoisotopic (exact) mass is 327 g/mol. The van der Waals surface area contributed by atoms with E-state index in [1.54, 1.807) is 5.48 Å². The number of hydrogen-bond acceptors (Lipinski definition) is 3. The first-order chi connectivity index (χ1) is 11.7. The quantitative estimate of drug-likeness (QED) is 0.405. The van der Waals surface area contributed by atoms with E-state index in [-0.39, 0.29) is 5.91 Å². The summed E-state index contributed by atoms with van der Waals surface area (Å²) in [5.74, 6) is 0.561. The first-order valence-electron chi connectivity index (χ1n) is 8.42. The number of hydrogen-bond donors (Lipinski definition) is 2. The van der Waals surface area contributed by atoms with E-state index in [1.807, 2.05) is 12.1 Å². The predicted molar refractivity (Wildman–Crippen MR) is 95.1 cm³/mol. The van der Waals surface area contributed by atoms with E-state index in [0.29, 0.717) is 13.0 Å². The van der Waals surface area contributed by atoms with Gasteiger partial charge in [-0.15, -0.1) is 0 Å². The summed E-state index contributed by atoms with van der Waals surface area (Å²) in [7, 11) is 0. The highest BCUT2D eigenvalue weighted by Gasteiger charge is 2.00. The first-order valence-corrected chi connectivity index (χ1v) is 8.42. The van der Waals surface area contributed by atoms with Crippen LogP contribution in [0.3, 0.4) is 0 Å². The maximum absolute atomic E-state index is 10.8. The number of rotatable bonds is 9. The molecule has 0 unspecified atom stereocenters. The Bertz CT molecular complexity index is 620. The first kappa shape index (κ1) is 18.0. The average Bonchev–Trinajstić information content (AvgIpc) is 2.62. The summed E-state index contributed by atoms with van der Waals surface area (Å²) in [6.07, 6.45) is 4.10. The van der Waals surface area contributed by atoms with Crippen LogP contribution in [0.15, 0.2) is 48.5 Å². The molecule has 0 saturated heterocycles. The normalized spacial score (nSPS) is 10.4. The summed E-state index contributed by atoms with van der Waals surface area (Å²) in [5.41, 5.74) is 5.30. The van der Waals surface area contributed by atoms with E-state index < -0.39 is 0 Å². The van der Waals surface area contributed by atoms with Gasteiger partial charge in [0, 0.05) is 6.42 Å². The summed E-state index contributed by atoms with van der Waals surface area (Å²) in [5, 5.41) is 8.39. The third kappa shape index (κ3) is 6.05. The van der Waals surface area contributed by atoms with Gasteiger partial charge in [-0.25, -0.2) is 5.48 Å². The Balaban J connectivity index is 1.67. The number of unbranched alkanes of at least 4 members (excludes halogenated alkanes) is 3. The summed E-state index contributed by atoms with van der Waals surface area (Å²) >= 11 is 0. The number of aryl methyl sites for hydroxylation is 1. The van der Waals surface area contributed by atoms with E-state index in [1.165, 1.54) is 16.7 Å². The van der Waals surface area contributed by atoms with Crippen molar-refractivity contribution in [3.63, 3.8) is 0 Å². The van der Waals surface area contributed by atoms with Crippen molar-refractivity contribution < 1.29 is 14.7 Å². The molecule has 0 atom stereocenters. The summed E-state index contributed by atoms with van der Waals surface area (Å²) in [6.45, 7) is 2.76. The Labute approximate surface area is 143 Å². The van der Waals surface area contributed by atoms with E-state index in [4.69, 9.17) is 9.94 Å². The van der Waals surface area contributed by atoms with Crippen LogP contribution in [0.4, 0.5) is 0 Å². The molecule has 4 nitrogen and oxygen atoms in total. The second kappa shape index (κ2) is 9.73. The van der Waals surface area contributed by atoms with Crippen LogP contribution in [-0.4, -0.2) is 17.7 Å². The van der Waals surface area contributed by atoms with Gasteiger partial charge in [0.05, 0.1) is 6.61 Å². The highest BCUT2D eigenvalue weighted by atomic mass is 16.5. The lowest BCUT2D eigenvalue weighted by Gasteiger charge is -2.08. The molecule has 4 heteroatoms. The smallest absolute Gasteiger partial charge is 0.243 e. The van der Waals surface area contributed by atoms with Crippen molar-refractivity contribution in [2.24, 2.45) is 0 Å². The van der Waals surface area contributed by atoms with Crippen molar-refractivity contribution in [2.75, 3.05) is 6.61 Å². The minimum Gasteiger partial charge on any atom is -0.494 e. The summed E-state index contributed by atoms with van der Waals surface area (Å²) < 4.78 is 5.75. The van der Waals surface area contributed by atoms with Crippen LogP contribution in [0.1, 0.15) is 37.7 Å². The number of carbonyl (C=O) groups excluding carboxylic acids is 1.